The molecule has 1 amide bonds. The molecule has 6 nitrogen and oxygen atoms in total. The van der Waals surface area contributed by atoms with Gasteiger partial charge in [-0.2, -0.15) is 0 Å². The highest BCUT2D eigenvalue weighted by molar-refractivity contribution is 6.30. The number of aliphatic carboxylic acids is 1. The normalized spacial score (nSPS) is 12.9. The lowest BCUT2D eigenvalue weighted by atomic mass is 10.0. The van der Waals surface area contributed by atoms with Crippen LogP contribution >= 0.6 is 11.6 Å². The fourth-order valence-electron chi connectivity index (χ4n) is 2.06. The number of carbonyl (C=O) groups is 2. The summed E-state index contributed by atoms with van der Waals surface area (Å²) < 4.78 is 18.4. The predicted octanol–water partition coefficient (Wildman–Crippen LogP) is 2.89. The van der Waals surface area contributed by atoms with Gasteiger partial charge in [0.2, 0.25) is 0 Å². The molecule has 25 heavy (non-hydrogen) atoms. The van der Waals surface area contributed by atoms with Crippen LogP contribution in [0.25, 0.3) is 0 Å². The van der Waals surface area contributed by atoms with E-state index in [2.05, 4.69) is 5.32 Å². The first-order valence-electron chi connectivity index (χ1n) is 7.21. The smallest absolute Gasteiger partial charge is 0.408 e. The van der Waals surface area contributed by atoms with Crippen molar-refractivity contribution in [1.82, 2.24) is 5.32 Å². The Kier molecular flexibility index (Phi) is 6.32. The molecule has 3 N–H and O–H groups in total. The second kappa shape index (κ2) is 8.46. The van der Waals surface area contributed by atoms with E-state index >= 15 is 0 Å². The molecule has 132 valence electrons. The quantitative estimate of drug-likeness (QED) is 0.729. The van der Waals surface area contributed by atoms with Crippen LogP contribution in [0.1, 0.15) is 17.2 Å². The molecular weight excluding hydrogens is 353 g/mol. The summed E-state index contributed by atoms with van der Waals surface area (Å²) in [5, 5.41) is 21.2. The van der Waals surface area contributed by atoms with Crippen LogP contribution in [0.3, 0.4) is 0 Å². The fourth-order valence-corrected chi connectivity index (χ4v) is 2.17. The Labute approximate surface area is 147 Å². The number of nitrogens with one attached hydrogen (secondary N) is 1. The molecule has 0 aliphatic rings. The number of carboxylic acids is 1. The predicted molar refractivity (Wildman–Crippen MR) is 87.6 cm³/mol. The van der Waals surface area contributed by atoms with E-state index in [1.54, 1.807) is 30.3 Å². The van der Waals surface area contributed by atoms with Gasteiger partial charge in [0.05, 0.1) is 5.02 Å². The molecule has 2 rings (SSSR count). The standard InChI is InChI=1S/C17H15ClFNO5/c18-12-7-6-11(8-13(12)19)15(21)14(16(22)23)20-17(24)25-9-10-4-2-1-3-5-10/h1-8,14-15,21H,9H2,(H,20,24)(H,22,23). The Bertz CT molecular complexity index is 756. The Hall–Kier alpha value is -2.64. The van der Waals surface area contributed by atoms with E-state index in [0.717, 1.165) is 6.07 Å². The Morgan fingerprint density at radius 3 is 2.48 bits per heavy atom. The monoisotopic (exact) mass is 367 g/mol. The molecule has 0 radical (unpaired) electrons. The van der Waals surface area contributed by atoms with Crippen LogP contribution in [0.4, 0.5) is 9.18 Å². The minimum atomic E-state index is -1.72. The van der Waals surface area contributed by atoms with E-state index in [9.17, 15) is 24.2 Å². The first-order valence-corrected chi connectivity index (χ1v) is 7.59. The first kappa shape index (κ1) is 18.7. The average Bonchev–Trinajstić information content (AvgIpc) is 2.60. The molecule has 2 aromatic rings. The van der Waals surface area contributed by atoms with Crippen molar-refractivity contribution < 1.29 is 28.9 Å². The van der Waals surface area contributed by atoms with Gasteiger partial charge in [-0.3, -0.25) is 0 Å². The molecule has 0 aromatic heterocycles. The van der Waals surface area contributed by atoms with Gasteiger partial charge < -0.3 is 20.3 Å². The molecule has 0 saturated heterocycles. The molecule has 0 aliphatic heterocycles. The van der Waals surface area contributed by atoms with Crippen LogP contribution in [0.2, 0.25) is 5.02 Å². The van der Waals surface area contributed by atoms with Gasteiger partial charge in [-0.25, -0.2) is 14.0 Å². The Morgan fingerprint density at radius 2 is 1.88 bits per heavy atom. The highest BCUT2D eigenvalue weighted by Crippen LogP contribution is 2.22. The van der Waals surface area contributed by atoms with Crippen LogP contribution in [-0.2, 0) is 16.1 Å². The highest BCUT2D eigenvalue weighted by atomic mass is 35.5. The summed E-state index contributed by atoms with van der Waals surface area (Å²) in [6.45, 7) is -0.0648. The van der Waals surface area contributed by atoms with Gasteiger partial charge in [0.15, 0.2) is 6.04 Å². The van der Waals surface area contributed by atoms with Crippen molar-refractivity contribution in [1.29, 1.82) is 0 Å². The maximum Gasteiger partial charge on any atom is 0.408 e. The van der Waals surface area contributed by atoms with E-state index in [1.165, 1.54) is 12.1 Å². The number of carboxylic acid groups (broad SMARTS) is 1. The van der Waals surface area contributed by atoms with Crippen molar-refractivity contribution in [3.05, 3.63) is 70.5 Å². The number of alkyl carbamates (subject to hydrolysis) is 1. The summed E-state index contributed by atoms with van der Waals surface area (Å²) in [6, 6.07) is 10.4. The second-order valence-corrected chi connectivity index (χ2v) is 5.55. The minimum Gasteiger partial charge on any atom is -0.480 e. The number of carbonyl (C=O) groups excluding carboxylic acids is 1. The molecule has 2 aromatic carbocycles. The molecule has 0 saturated carbocycles. The number of aliphatic hydroxyl groups excluding tert-OH is 1. The lowest BCUT2D eigenvalue weighted by Gasteiger charge is -2.20. The van der Waals surface area contributed by atoms with Crippen molar-refractivity contribution in [2.45, 2.75) is 18.8 Å². The zero-order chi connectivity index (χ0) is 18.4. The van der Waals surface area contributed by atoms with E-state index in [-0.39, 0.29) is 17.2 Å². The summed E-state index contributed by atoms with van der Waals surface area (Å²) in [4.78, 5) is 23.1. The van der Waals surface area contributed by atoms with Gasteiger partial charge in [-0.1, -0.05) is 48.0 Å². The van der Waals surface area contributed by atoms with Crippen LogP contribution < -0.4 is 5.32 Å². The van der Waals surface area contributed by atoms with Crippen molar-refractivity contribution in [2.75, 3.05) is 0 Å². The molecule has 0 aliphatic carbocycles. The number of ether oxygens (including phenoxy) is 1. The SMILES string of the molecule is O=C(NC(C(=O)O)C(O)c1ccc(Cl)c(F)c1)OCc1ccccc1. The topological polar surface area (TPSA) is 95.9 Å². The highest BCUT2D eigenvalue weighted by Gasteiger charge is 2.30. The van der Waals surface area contributed by atoms with E-state index in [1.807, 2.05) is 0 Å². The molecule has 0 fully saturated rings. The lowest BCUT2D eigenvalue weighted by molar-refractivity contribution is -0.142. The van der Waals surface area contributed by atoms with Crippen molar-refractivity contribution in [2.24, 2.45) is 0 Å². The number of rotatable bonds is 6. The van der Waals surface area contributed by atoms with E-state index in [0.29, 0.717) is 5.56 Å². The molecule has 0 heterocycles. The number of amides is 1. The summed E-state index contributed by atoms with van der Waals surface area (Å²) >= 11 is 5.55. The number of aliphatic hydroxyl groups is 1. The van der Waals surface area contributed by atoms with Crippen molar-refractivity contribution >= 4 is 23.7 Å². The van der Waals surface area contributed by atoms with E-state index in [4.69, 9.17) is 16.3 Å². The van der Waals surface area contributed by atoms with Gasteiger partial charge in [-0.15, -0.1) is 0 Å². The third-order valence-electron chi connectivity index (χ3n) is 3.35. The third-order valence-corrected chi connectivity index (χ3v) is 3.66. The number of hydrogen-bond acceptors (Lipinski definition) is 4. The Balaban J connectivity index is 2.03. The van der Waals surface area contributed by atoms with E-state index < -0.39 is 30.0 Å². The van der Waals surface area contributed by atoms with Crippen LogP contribution in [0.15, 0.2) is 48.5 Å². The fraction of sp³-hybridized carbons (Fsp3) is 0.176. The lowest BCUT2D eigenvalue weighted by Crippen LogP contribution is -2.45. The second-order valence-electron chi connectivity index (χ2n) is 5.14. The maximum absolute atomic E-state index is 13.5. The molecule has 0 bridgehead atoms. The van der Waals surface area contributed by atoms with Gasteiger partial charge in [0.25, 0.3) is 0 Å². The molecule has 0 spiro atoms. The number of benzene rings is 2. The third kappa shape index (κ3) is 5.17. The molecular formula is C17H15ClFNO5. The van der Waals surface area contributed by atoms with Crippen LogP contribution in [-0.4, -0.2) is 28.3 Å². The molecule has 8 heteroatoms. The van der Waals surface area contributed by atoms with Crippen LogP contribution in [0.5, 0.6) is 0 Å². The molecule has 2 unspecified atom stereocenters. The maximum atomic E-state index is 13.5. The number of halogens is 2. The average molecular weight is 368 g/mol. The summed E-state index contributed by atoms with van der Waals surface area (Å²) in [5.41, 5.74) is 0.669. The van der Waals surface area contributed by atoms with Gasteiger partial charge in [0, 0.05) is 0 Å². The molecule has 2 atom stereocenters. The largest absolute Gasteiger partial charge is 0.480 e. The summed E-state index contributed by atoms with van der Waals surface area (Å²) in [7, 11) is 0. The first-order chi connectivity index (χ1) is 11.9. The van der Waals surface area contributed by atoms with Crippen molar-refractivity contribution in [3.63, 3.8) is 0 Å². The van der Waals surface area contributed by atoms with Gasteiger partial charge in [-0.05, 0) is 23.3 Å². The Morgan fingerprint density at radius 1 is 1.20 bits per heavy atom. The zero-order valence-corrected chi connectivity index (χ0v) is 13.6. The summed E-state index contributed by atoms with van der Waals surface area (Å²) in [5.74, 6) is -2.31. The van der Waals surface area contributed by atoms with Gasteiger partial charge in [0.1, 0.15) is 18.5 Å². The van der Waals surface area contributed by atoms with Crippen LogP contribution in [0, 0.1) is 5.82 Å². The number of hydrogen-bond donors (Lipinski definition) is 3. The minimum absolute atomic E-state index is 0.0438. The van der Waals surface area contributed by atoms with Crippen molar-refractivity contribution in [3.8, 4) is 0 Å². The zero-order valence-electron chi connectivity index (χ0n) is 12.9. The summed E-state index contributed by atoms with van der Waals surface area (Å²) in [6.07, 6.45) is -2.71. The van der Waals surface area contributed by atoms with Gasteiger partial charge >= 0.3 is 12.1 Å².